The molecule has 1 aliphatic rings. The molecule has 3 aromatic carbocycles. The zero-order valence-corrected chi connectivity index (χ0v) is 17.5. The summed E-state index contributed by atoms with van der Waals surface area (Å²) in [5, 5.41) is 11.0. The van der Waals surface area contributed by atoms with E-state index >= 15 is 0 Å². The molecule has 5 rings (SSSR count). The van der Waals surface area contributed by atoms with Gasteiger partial charge >= 0.3 is 0 Å². The van der Waals surface area contributed by atoms with Crippen LogP contribution in [0.5, 0.6) is 0 Å². The average Bonchev–Trinajstić information content (AvgIpc) is 2.84. The average molecular weight is 409 g/mol. The van der Waals surface area contributed by atoms with Gasteiger partial charge in [0.1, 0.15) is 0 Å². The second-order valence-electron chi connectivity index (χ2n) is 7.95. The van der Waals surface area contributed by atoms with E-state index < -0.39 is 0 Å². The van der Waals surface area contributed by atoms with Gasteiger partial charge in [0, 0.05) is 37.3 Å². The maximum Gasteiger partial charge on any atom is 0.254 e. The summed E-state index contributed by atoms with van der Waals surface area (Å²) >= 11 is 0. The van der Waals surface area contributed by atoms with Crippen molar-refractivity contribution < 1.29 is 4.79 Å². The first kappa shape index (κ1) is 19.2. The van der Waals surface area contributed by atoms with Crippen LogP contribution >= 0.6 is 0 Å². The van der Waals surface area contributed by atoms with Crippen LogP contribution in [-0.2, 0) is 0 Å². The van der Waals surface area contributed by atoms with E-state index in [9.17, 15) is 4.79 Å². The molecule has 0 unspecified atom stereocenters. The van der Waals surface area contributed by atoms with Crippen LogP contribution in [-0.4, -0.2) is 47.2 Å². The fourth-order valence-corrected chi connectivity index (χ4v) is 4.09. The van der Waals surface area contributed by atoms with E-state index in [1.54, 1.807) is 0 Å². The summed E-state index contributed by atoms with van der Waals surface area (Å²) in [6.45, 7) is 4.90. The molecule has 0 N–H and O–H groups in total. The van der Waals surface area contributed by atoms with E-state index in [1.165, 1.54) is 5.56 Å². The molecule has 1 amide bonds. The number of rotatable bonds is 3. The van der Waals surface area contributed by atoms with Gasteiger partial charge in [-0.05, 0) is 35.9 Å². The summed E-state index contributed by atoms with van der Waals surface area (Å²) in [6, 6.07) is 26.3. The van der Waals surface area contributed by atoms with Gasteiger partial charge in [0.2, 0.25) is 0 Å². The number of hydrogen-bond donors (Lipinski definition) is 0. The molecule has 0 radical (unpaired) electrons. The maximum absolute atomic E-state index is 13.2. The third kappa shape index (κ3) is 3.87. The highest BCUT2D eigenvalue weighted by molar-refractivity contribution is 6.07. The van der Waals surface area contributed by atoms with Gasteiger partial charge in [-0.2, -0.15) is 0 Å². The number of aromatic nitrogens is 2. The molecule has 0 bridgehead atoms. The number of nitrogens with zero attached hydrogens (tertiary/aromatic N) is 4. The summed E-state index contributed by atoms with van der Waals surface area (Å²) < 4.78 is 0. The van der Waals surface area contributed by atoms with Gasteiger partial charge in [-0.3, -0.25) is 4.79 Å². The Kier molecular flexibility index (Phi) is 5.08. The lowest BCUT2D eigenvalue weighted by atomic mass is 10.0. The Balaban J connectivity index is 1.27. The second-order valence-corrected chi connectivity index (χ2v) is 7.95. The largest absolute Gasteiger partial charge is 0.352 e. The molecule has 5 heteroatoms. The monoisotopic (exact) mass is 408 g/mol. The predicted molar refractivity (Wildman–Crippen MR) is 124 cm³/mol. The van der Waals surface area contributed by atoms with Crippen LogP contribution in [0.2, 0.25) is 0 Å². The number of anilines is 1. The van der Waals surface area contributed by atoms with Crippen molar-refractivity contribution in [3.05, 3.63) is 90.0 Å². The molecular formula is C26H24N4O. The van der Waals surface area contributed by atoms with Crippen molar-refractivity contribution in [3.8, 4) is 11.3 Å². The highest BCUT2D eigenvalue weighted by Gasteiger charge is 2.24. The number of carbonyl (C=O) groups is 1. The van der Waals surface area contributed by atoms with Crippen LogP contribution in [0.1, 0.15) is 15.9 Å². The molecule has 0 spiro atoms. The lowest BCUT2D eigenvalue weighted by molar-refractivity contribution is 0.0748. The highest BCUT2D eigenvalue weighted by atomic mass is 16.2. The summed E-state index contributed by atoms with van der Waals surface area (Å²) in [5.74, 6) is 0.949. The van der Waals surface area contributed by atoms with E-state index in [0.29, 0.717) is 13.1 Å². The first-order chi connectivity index (χ1) is 15.2. The quantitative estimate of drug-likeness (QED) is 0.498. The zero-order valence-electron chi connectivity index (χ0n) is 17.5. The summed E-state index contributed by atoms with van der Waals surface area (Å²) in [6.07, 6.45) is 0. The van der Waals surface area contributed by atoms with E-state index in [2.05, 4.69) is 46.3 Å². The summed E-state index contributed by atoms with van der Waals surface area (Å²) in [4.78, 5) is 17.3. The summed E-state index contributed by atoms with van der Waals surface area (Å²) in [5.41, 5.74) is 3.93. The van der Waals surface area contributed by atoms with Gasteiger partial charge in [0.15, 0.2) is 5.82 Å². The van der Waals surface area contributed by atoms with Gasteiger partial charge in [-0.1, -0.05) is 66.2 Å². The number of fused-ring (bicyclic) bond motifs is 1. The number of benzene rings is 3. The molecule has 1 aliphatic heterocycles. The van der Waals surface area contributed by atoms with Crippen LogP contribution in [0.15, 0.2) is 78.9 Å². The smallest absolute Gasteiger partial charge is 0.254 e. The third-order valence-electron chi connectivity index (χ3n) is 5.91. The summed E-state index contributed by atoms with van der Waals surface area (Å²) in [7, 11) is 0. The predicted octanol–water partition coefficient (Wildman–Crippen LogP) is 4.57. The molecule has 5 nitrogen and oxygen atoms in total. The normalized spacial score (nSPS) is 14.1. The fourth-order valence-electron chi connectivity index (χ4n) is 4.09. The van der Waals surface area contributed by atoms with Crippen molar-refractivity contribution in [2.45, 2.75) is 6.92 Å². The molecular weight excluding hydrogens is 384 g/mol. The van der Waals surface area contributed by atoms with Crippen molar-refractivity contribution in [1.82, 2.24) is 15.1 Å². The molecule has 0 aliphatic carbocycles. The van der Waals surface area contributed by atoms with Gasteiger partial charge in [0.25, 0.3) is 5.91 Å². The minimum atomic E-state index is 0.0947. The first-order valence-electron chi connectivity index (χ1n) is 10.6. The molecule has 1 fully saturated rings. The van der Waals surface area contributed by atoms with Crippen LogP contribution < -0.4 is 4.90 Å². The molecule has 31 heavy (non-hydrogen) atoms. The molecule has 154 valence electrons. The first-order valence-corrected chi connectivity index (χ1v) is 10.6. The van der Waals surface area contributed by atoms with E-state index in [1.807, 2.05) is 59.5 Å². The zero-order chi connectivity index (χ0) is 21.2. The fraction of sp³-hybridized carbons (Fsp3) is 0.192. The van der Waals surface area contributed by atoms with Gasteiger partial charge in [-0.25, -0.2) is 0 Å². The van der Waals surface area contributed by atoms with Gasteiger partial charge < -0.3 is 9.80 Å². The van der Waals surface area contributed by atoms with Crippen molar-refractivity contribution in [1.29, 1.82) is 0 Å². The Labute approximate surface area is 182 Å². The third-order valence-corrected chi connectivity index (χ3v) is 5.91. The van der Waals surface area contributed by atoms with E-state index in [0.717, 1.165) is 46.5 Å². The molecule has 0 atom stereocenters. The van der Waals surface area contributed by atoms with Crippen LogP contribution in [0.4, 0.5) is 5.82 Å². The number of carbonyl (C=O) groups excluding carboxylic acids is 1. The van der Waals surface area contributed by atoms with Crippen molar-refractivity contribution >= 4 is 22.5 Å². The SMILES string of the molecule is Cc1ccc(-c2ccc(N3CCN(C(=O)c4cccc5ccccc45)CC3)nn2)cc1. The van der Waals surface area contributed by atoms with E-state index in [4.69, 9.17) is 0 Å². The van der Waals surface area contributed by atoms with Crippen LogP contribution in [0.3, 0.4) is 0 Å². The molecule has 1 aromatic heterocycles. The topological polar surface area (TPSA) is 49.3 Å². The minimum Gasteiger partial charge on any atom is -0.352 e. The minimum absolute atomic E-state index is 0.0947. The van der Waals surface area contributed by atoms with Gasteiger partial charge in [-0.15, -0.1) is 10.2 Å². The molecule has 2 heterocycles. The molecule has 1 saturated heterocycles. The molecule has 4 aromatic rings. The lowest BCUT2D eigenvalue weighted by Crippen LogP contribution is -2.49. The van der Waals surface area contributed by atoms with Gasteiger partial charge in [0.05, 0.1) is 5.69 Å². The van der Waals surface area contributed by atoms with Crippen LogP contribution in [0.25, 0.3) is 22.0 Å². The lowest BCUT2D eigenvalue weighted by Gasteiger charge is -2.35. The second kappa shape index (κ2) is 8.19. The highest BCUT2D eigenvalue weighted by Crippen LogP contribution is 2.23. The maximum atomic E-state index is 13.2. The van der Waals surface area contributed by atoms with E-state index in [-0.39, 0.29) is 5.91 Å². The number of hydrogen-bond acceptors (Lipinski definition) is 4. The Morgan fingerprint density at radius 2 is 1.52 bits per heavy atom. The Hall–Kier alpha value is -3.73. The number of piperazine rings is 1. The Morgan fingerprint density at radius 1 is 0.774 bits per heavy atom. The standard InChI is InChI=1S/C26H24N4O/c1-19-9-11-21(12-10-19)24-13-14-25(28-27-24)29-15-17-30(18-16-29)26(31)23-8-4-6-20-5-2-3-7-22(20)23/h2-14H,15-18H2,1H3. The van der Waals surface area contributed by atoms with Crippen LogP contribution in [0, 0.1) is 6.92 Å². The number of amides is 1. The number of aryl methyl sites for hydroxylation is 1. The van der Waals surface area contributed by atoms with Crippen molar-refractivity contribution in [3.63, 3.8) is 0 Å². The Bertz CT molecular complexity index is 1210. The van der Waals surface area contributed by atoms with Crippen molar-refractivity contribution in [2.75, 3.05) is 31.1 Å². The Morgan fingerprint density at radius 3 is 2.26 bits per heavy atom. The molecule has 0 saturated carbocycles. The van der Waals surface area contributed by atoms with Crippen molar-refractivity contribution in [2.24, 2.45) is 0 Å².